The minimum Gasteiger partial charge on any atom is -0.348 e. The van der Waals surface area contributed by atoms with E-state index < -0.39 is 15.8 Å². The summed E-state index contributed by atoms with van der Waals surface area (Å²) in [6, 6.07) is 11.6. The van der Waals surface area contributed by atoms with Crippen LogP contribution in [0.3, 0.4) is 0 Å². The molecule has 2 aromatic carbocycles. The van der Waals surface area contributed by atoms with Crippen LogP contribution in [-0.2, 0) is 21.2 Å². The summed E-state index contributed by atoms with van der Waals surface area (Å²) in [5, 5.41) is 2.92. The van der Waals surface area contributed by atoms with Gasteiger partial charge in [-0.25, -0.2) is 12.8 Å². The van der Waals surface area contributed by atoms with E-state index >= 15 is 0 Å². The molecule has 1 saturated heterocycles. The molecular weight excluding hydrogens is 441 g/mol. The van der Waals surface area contributed by atoms with Crippen LogP contribution in [0.4, 0.5) is 4.39 Å². The molecule has 0 bridgehead atoms. The molecule has 0 radical (unpaired) electrons. The van der Waals surface area contributed by atoms with Crippen LogP contribution in [0, 0.1) is 5.82 Å². The van der Waals surface area contributed by atoms with Gasteiger partial charge in [0.05, 0.1) is 22.5 Å². The Morgan fingerprint density at radius 1 is 1.13 bits per heavy atom. The summed E-state index contributed by atoms with van der Waals surface area (Å²) >= 11 is 5.74. The number of fused-ring (bicyclic) bond motifs is 1. The van der Waals surface area contributed by atoms with Gasteiger partial charge < -0.3 is 5.32 Å². The summed E-state index contributed by atoms with van der Waals surface area (Å²) in [5.41, 5.74) is 2.48. The number of benzene rings is 2. The van der Waals surface area contributed by atoms with Crippen molar-refractivity contribution in [2.75, 3.05) is 32.7 Å². The third-order valence-electron chi connectivity index (χ3n) is 5.93. The molecule has 0 saturated carbocycles. The molecule has 9 heteroatoms. The number of carbonyl (C=O) groups excluding carboxylic acids is 1. The Morgan fingerprint density at radius 3 is 2.61 bits per heavy atom. The van der Waals surface area contributed by atoms with Crippen LogP contribution < -0.4 is 5.32 Å². The van der Waals surface area contributed by atoms with E-state index in [-0.39, 0.29) is 41.5 Å². The molecule has 1 aliphatic carbocycles. The zero-order chi connectivity index (χ0) is 22.0. The molecule has 1 N–H and O–H groups in total. The minimum absolute atomic E-state index is 0.0268. The van der Waals surface area contributed by atoms with Gasteiger partial charge in [0.25, 0.3) is 0 Å². The van der Waals surface area contributed by atoms with Crippen LogP contribution in [0.15, 0.2) is 47.4 Å². The SMILES string of the molecule is O=C(CN1CCN(S(=O)(=O)c2ccc(F)c(Cl)c2)CC1)NC1CCCc2ccccc21. The average Bonchev–Trinajstić information content (AvgIpc) is 2.76. The van der Waals surface area contributed by atoms with Gasteiger partial charge in [-0.05, 0) is 48.6 Å². The highest BCUT2D eigenvalue weighted by Crippen LogP contribution is 2.29. The normalized spacial score (nSPS) is 20.3. The molecule has 1 unspecified atom stereocenters. The van der Waals surface area contributed by atoms with Crippen molar-refractivity contribution in [3.05, 3.63) is 64.4 Å². The lowest BCUT2D eigenvalue weighted by Gasteiger charge is -2.34. The zero-order valence-corrected chi connectivity index (χ0v) is 18.6. The molecular formula is C22H25ClFN3O3S. The molecule has 6 nitrogen and oxygen atoms in total. The summed E-state index contributed by atoms with van der Waals surface area (Å²) < 4.78 is 40.3. The zero-order valence-electron chi connectivity index (χ0n) is 17.1. The molecule has 4 rings (SSSR count). The fourth-order valence-electron chi connectivity index (χ4n) is 4.26. The first-order valence-corrected chi connectivity index (χ1v) is 12.2. The van der Waals surface area contributed by atoms with Gasteiger partial charge in [-0.1, -0.05) is 35.9 Å². The minimum atomic E-state index is -3.75. The van der Waals surface area contributed by atoms with Crippen LogP contribution in [0.5, 0.6) is 0 Å². The van der Waals surface area contributed by atoms with Crippen LogP contribution >= 0.6 is 11.6 Å². The van der Waals surface area contributed by atoms with Crippen LogP contribution in [-0.4, -0.2) is 56.3 Å². The monoisotopic (exact) mass is 465 g/mol. The van der Waals surface area contributed by atoms with Gasteiger partial charge in [-0.2, -0.15) is 4.31 Å². The maximum atomic E-state index is 13.4. The fraction of sp³-hybridized carbons (Fsp3) is 0.409. The molecule has 31 heavy (non-hydrogen) atoms. The fourth-order valence-corrected chi connectivity index (χ4v) is 5.96. The molecule has 1 heterocycles. The first kappa shape index (κ1) is 22.2. The number of piperazine rings is 1. The number of amides is 1. The molecule has 166 valence electrons. The van der Waals surface area contributed by atoms with Crippen molar-refractivity contribution in [3.8, 4) is 0 Å². The van der Waals surface area contributed by atoms with Crippen LogP contribution in [0.25, 0.3) is 0 Å². The second kappa shape index (κ2) is 9.24. The molecule has 0 aromatic heterocycles. The maximum absolute atomic E-state index is 13.4. The smallest absolute Gasteiger partial charge is 0.243 e. The van der Waals surface area contributed by atoms with E-state index in [4.69, 9.17) is 11.6 Å². The van der Waals surface area contributed by atoms with Gasteiger partial charge in [0.15, 0.2) is 0 Å². The van der Waals surface area contributed by atoms with Gasteiger partial charge >= 0.3 is 0 Å². The largest absolute Gasteiger partial charge is 0.348 e. The van der Waals surface area contributed by atoms with Crippen molar-refractivity contribution in [1.82, 2.24) is 14.5 Å². The van der Waals surface area contributed by atoms with Crippen molar-refractivity contribution in [2.24, 2.45) is 0 Å². The summed E-state index contributed by atoms with van der Waals surface area (Å²) in [6.07, 6.45) is 3.01. The Hall–Kier alpha value is -2.00. The third-order valence-corrected chi connectivity index (χ3v) is 8.12. The third kappa shape index (κ3) is 4.92. The van der Waals surface area contributed by atoms with Gasteiger partial charge in [-0.3, -0.25) is 9.69 Å². The van der Waals surface area contributed by atoms with E-state index in [1.807, 2.05) is 17.0 Å². The van der Waals surface area contributed by atoms with Crippen LogP contribution in [0.1, 0.15) is 30.0 Å². The number of aryl methyl sites for hydroxylation is 1. The number of nitrogens with zero attached hydrogens (tertiary/aromatic N) is 2. The Labute approximate surface area is 187 Å². The highest BCUT2D eigenvalue weighted by atomic mass is 35.5. The number of rotatable bonds is 5. The number of nitrogens with one attached hydrogen (secondary N) is 1. The lowest BCUT2D eigenvalue weighted by Crippen LogP contribution is -2.51. The second-order valence-corrected chi connectivity index (χ2v) is 10.3. The van der Waals surface area contributed by atoms with E-state index in [0.29, 0.717) is 13.1 Å². The summed E-state index contributed by atoms with van der Waals surface area (Å²) in [6.45, 7) is 1.65. The number of hydrogen-bond donors (Lipinski definition) is 1. The topological polar surface area (TPSA) is 69.7 Å². The van der Waals surface area contributed by atoms with E-state index in [9.17, 15) is 17.6 Å². The van der Waals surface area contributed by atoms with E-state index in [2.05, 4.69) is 17.4 Å². The average molecular weight is 466 g/mol. The Kier molecular flexibility index (Phi) is 6.62. The highest BCUT2D eigenvalue weighted by molar-refractivity contribution is 7.89. The van der Waals surface area contributed by atoms with Crippen molar-refractivity contribution in [3.63, 3.8) is 0 Å². The summed E-state index contributed by atoms with van der Waals surface area (Å²) in [7, 11) is -3.75. The second-order valence-electron chi connectivity index (χ2n) is 7.97. The molecule has 1 amide bonds. The van der Waals surface area contributed by atoms with Crippen molar-refractivity contribution in [1.29, 1.82) is 0 Å². The molecule has 1 fully saturated rings. The Morgan fingerprint density at radius 2 is 1.87 bits per heavy atom. The predicted octanol–water partition coefficient (Wildman–Crippen LogP) is 2.98. The van der Waals surface area contributed by atoms with E-state index in [0.717, 1.165) is 31.4 Å². The quantitative estimate of drug-likeness (QED) is 0.737. The molecule has 2 aromatic rings. The molecule has 1 atom stereocenters. The van der Waals surface area contributed by atoms with Crippen molar-refractivity contribution >= 4 is 27.5 Å². The summed E-state index contributed by atoms with van der Waals surface area (Å²) in [5.74, 6) is -0.708. The van der Waals surface area contributed by atoms with Crippen LogP contribution in [0.2, 0.25) is 5.02 Å². The number of carbonyl (C=O) groups is 1. The first-order valence-electron chi connectivity index (χ1n) is 10.4. The first-order chi connectivity index (χ1) is 14.8. The number of hydrogen-bond acceptors (Lipinski definition) is 4. The lowest BCUT2D eigenvalue weighted by molar-refractivity contribution is -0.123. The Balaban J connectivity index is 1.32. The maximum Gasteiger partial charge on any atom is 0.243 e. The molecule has 2 aliphatic rings. The van der Waals surface area contributed by atoms with Gasteiger partial charge in [-0.15, -0.1) is 0 Å². The van der Waals surface area contributed by atoms with E-state index in [1.54, 1.807) is 0 Å². The van der Waals surface area contributed by atoms with Crippen molar-refractivity contribution < 1.29 is 17.6 Å². The van der Waals surface area contributed by atoms with Crippen molar-refractivity contribution in [2.45, 2.75) is 30.2 Å². The van der Waals surface area contributed by atoms with Gasteiger partial charge in [0.2, 0.25) is 15.9 Å². The Bertz CT molecular complexity index is 1070. The highest BCUT2D eigenvalue weighted by Gasteiger charge is 2.30. The lowest BCUT2D eigenvalue weighted by atomic mass is 9.88. The standard InChI is InChI=1S/C22H25ClFN3O3S/c23-19-14-17(8-9-20(19)24)31(29,30)27-12-10-26(11-13-27)15-22(28)25-21-7-3-5-16-4-1-2-6-18(16)21/h1-2,4,6,8-9,14,21H,3,5,7,10-13,15H2,(H,25,28). The predicted molar refractivity (Wildman–Crippen MR) is 117 cm³/mol. The van der Waals surface area contributed by atoms with Gasteiger partial charge in [0.1, 0.15) is 5.82 Å². The summed E-state index contributed by atoms with van der Waals surface area (Å²) in [4.78, 5) is 14.5. The molecule has 0 spiro atoms. The number of sulfonamides is 1. The van der Waals surface area contributed by atoms with Gasteiger partial charge in [0, 0.05) is 26.2 Å². The van der Waals surface area contributed by atoms with E-state index in [1.165, 1.54) is 21.5 Å². The number of halogens is 2. The molecule has 1 aliphatic heterocycles.